The van der Waals surface area contributed by atoms with E-state index in [9.17, 15) is 9.59 Å². The van der Waals surface area contributed by atoms with Gasteiger partial charge in [0.25, 0.3) is 5.91 Å². The smallest absolute Gasteiger partial charge is 0.354 e. The molecule has 2 aromatic rings. The van der Waals surface area contributed by atoms with E-state index in [1.165, 1.54) is 0 Å². The number of nitrogens with zero attached hydrogens (tertiary/aromatic N) is 1. The zero-order chi connectivity index (χ0) is 14.0. The second-order valence-corrected chi connectivity index (χ2v) is 5.19. The molecular weight excluding hydrogens is 382 g/mol. The number of H-pyrrole nitrogens is 1. The Morgan fingerprint density at radius 3 is 2.47 bits per heavy atom. The number of anilines is 1. The van der Waals surface area contributed by atoms with Crippen molar-refractivity contribution >= 4 is 49.4 Å². The van der Waals surface area contributed by atoms with Crippen LogP contribution in [0.5, 0.6) is 0 Å². The number of aromatic nitrogens is 2. The molecular formula is C11H7Br2N3O3. The molecule has 0 aliphatic heterocycles. The SMILES string of the molecule is O=C(Nc1c(Br)cccc1Br)c1nc[nH]c1C(=O)O. The van der Waals surface area contributed by atoms with Gasteiger partial charge in [-0.15, -0.1) is 0 Å². The molecule has 3 N–H and O–H groups in total. The summed E-state index contributed by atoms with van der Waals surface area (Å²) in [7, 11) is 0. The molecule has 0 radical (unpaired) electrons. The zero-order valence-corrected chi connectivity index (χ0v) is 12.4. The lowest BCUT2D eigenvalue weighted by Gasteiger charge is -2.08. The molecule has 1 aromatic carbocycles. The molecule has 0 bridgehead atoms. The number of aromatic carboxylic acids is 1. The van der Waals surface area contributed by atoms with Gasteiger partial charge in [0.05, 0.1) is 12.0 Å². The minimum atomic E-state index is -1.24. The summed E-state index contributed by atoms with van der Waals surface area (Å²) in [5, 5.41) is 11.5. The number of nitrogens with one attached hydrogen (secondary N) is 2. The first-order valence-corrected chi connectivity index (χ1v) is 6.61. The zero-order valence-electron chi connectivity index (χ0n) is 9.28. The lowest BCUT2D eigenvalue weighted by Crippen LogP contribution is -2.17. The Labute approximate surface area is 124 Å². The number of carbonyl (C=O) groups is 2. The van der Waals surface area contributed by atoms with Gasteiger partial charge in [0.15, 0.2) is 11.4 Å². The lowest BCUT2D eigenvalue weighted by atomic mass is 10.2. The minimum absolute atomic E-state index is 0.171. The highest BCUT2D eigenvalue weighted by Crippen LogP contribution is 2.30. The summed E-state index contributed by atoms with van der Waals surface area (Å²) in [5.41, 5.74) is 0.0858. The van der Waals surface area contributed by atoms with Gasteiger partial charge < -0.3 is 15.4 Å². The molecule has 0 unspecified atom stereocenters. The molecule has 0 aliphatic rings. The molecule has 0 saturated heterocycles. The van der Waals surface area contributed by atoms with E-state index in [1.54, 1.807) is 18.2 Å². The van der Waals surface area contributed by atoms with E-state index in [1.807, 2.05) is 0 Å². The summed E-state index contributed by atoms with van der Waals surface area (Å²) in [5.74, 6) is -1.85. The minimum Gasteiger partial charge on any atom is -0.477 e. The Bertz CT molecular complexity index is 634. The van der Waals surface area contributed by atoms with Crippen LogP contribution in [0.15, 0.2) is 33.5 Å². The van der Waals surface area contributed by atoms with E-state index in [0.29, 0.717) is 14.6 Å². The first-order chi connectivity index (χ1) is 9.00. The van der Waals surface area contributed by atoms with Crippen LogP contribution < -0.4 is 5.32 Å². The molecule has 0 spiro atoms. The van der Waals surface area contributed by atoms with E-state index >= 15 is 0 Å². The number of aromatic amines is 1. The summed E-state index contributed by atoms with van der Waals surface area (Å²) in [6, 6.07) is 5.30. The predicted octanol–water partition coefficient (Wildman–Crippen LogP) is 2.89. The topological polar surface area (TPSA) is 95.1 Å². The number of carbonyl (C=O) groups excluding carboxylic acids is 1. The third-order valence-corrected chi connectivity index (χ3v) is 3.59. The molecule has 8 heteroatoms. The highest BCUT2D eigenvalue weighted by atomic mass is 79.9. The number of hydrogen-bond donors (Lipinski definition) is 3. The van der Waals surface area contributed by atoms with Crippen molar-refractivity contribution in [3.8, 4) is 0 Å². The van der Waals surface area contributed by atoms with Gasteiger partial charge in [0, 0.05) is 8.95 Å². The summed E-state index contributed by atoms with van der Waals surface area (Å²) in [4.78, 5) is 29.0. The summed E-state index contributed by atoms with van der Waals surface area (Å²) >= 11 is 6.59. The lowest BCUT2D eigenvalue weighted by molar-refractivity contribution is 0.0686. The molecule has 0 aliphatic carbocycles. The fourth-order valence-electron chi connectivity index (χ4n) is 1.42. The van der Waals surface area contributed by atoms with Gasteiger partial charge in [-0.3, -0.25) is 4.79 Å². The summed E-state index contributed by atoms with van der Waals surface area (Å²) in [6.07, 6.45) is 1.16. The van der Waals surface area contributed by atoms with Crippen LogP contribution in [-0.4, -0.2) is 27.0 Å². The van der Waals surface area contributed by atoms with Gasteiger partial charge in [-0.05, 0) is 44.0 Å². The van der Waals surface area contributed by atoms with Gasteiger partial charge in [-0.25, -0.2) is 9.78 Å². The Morgan fingerprint density at radius 2 is 1.89 bits per heavy atom. The number of amides is 1. The van der Waals surface area contributed by atoms with Gasteiger partial charge >= 0.3 is 5.97 Å². The van der Waals surface area contributed by atoms with E-state index in [2.05, 4.69) is 47.1 Å². The van der Waals surface area contributed by atoms with Crippen molar-refractivity contribution in [1.29, 1.82) is 0 Å². The number of para-hydroxylation sites is 1. The first kappa shape index (κ1) is 13.8. The Morgan fingerprint density at radius 1 is 1.26 bits per heavy atom. The molecule has 0 fully saturated rings. The number of carboxylic acids is 1. The molecule has 98 valence electrons. The Balaban J connectivity index is 2.31. The maximum absolute atomic E-state index is 12.0. The molecule has 6 nitrogen and oxygen atoms in total. The van der Waals surface area contributed by atoms with Crippen molar-refractivity contribution in [1.82, 2.24) is 9.97 Å². The molecule has 1 amide bonds. The number of imidazole rings is 1. The molecule has 2 rings (SSSR count). The van der Waals surface area contributed by atoms with Crippen LogP contribution in [0.2, 0.25) is 0 Å². The fourth-order valence-corrected chi connectivity index (χ4v) is 2.62. The van der Waals surface area contributed by atoms with Gasteiger partial charge in [0.1, 0.15) is 0 Å². The van der Waals surface area contributed by atoms with E-state index in [4.69, 9.17) is 5.11 Å². The third-order valence-electron chi connectivity index (χ3n) is 2.27. The first-order valence-electron chi connectivity index (χ1n) is 5.02. The van der Waals surface area contributed by atoms with Gasteiger partial charge in [-0.1, -0.05) is 6.07 Å². The monoisotopic (exact) mass is 387 g/mol. The van der Waals surface area contributed by atoms with E-state index in [0.717, 1.165) is 6.33 Å². The third kappa shape index (κ3) is 2.85. The molecule has 0 atom stereocenters. The maximum Gasteiger partial charge on any atom is 0.354 e. The van der Waals surface area contributed by atoms with E-state index in [-0.39, 0.29) is 11.4 Å². The molecule has 1 heterocycles. The van der Waals surface area contributed by atoms with Crippen molar-refractivity contribution in [2.75, 3.05) is 5.32 Å². The van der Waals surface area contributed by atoms with Crippen molar-refractivity contribution in [3.63, 3.8) is 0 Å². The normalized spacial score (nSPS) is 10.2. The highest BCUT2D eigenvalue weighted by Gasteiger charge is 2.20. The fraction of sp³-hybridized carbons (Fsp3) is 0. The Hall–Kier alpha value is -1.67. The molecule has 1 aromatic heterocycles. The van der Waals surface area contributed by atoms with Crippen LogP contribution >= 0.6 is 31.9 Å². The summed E-state index contributed by atoms with van der Waals surface area (Å²) in [6.45, 7) is 0. The predicted molar refractivity (Wildman–Crippen MR) is 75.3 cm³/mol. The quantitative estimate of drug-likeness (QED) is 0.753. The van der Waals surface area contributed by atoms with Crippen LogP contribution in [0.4, 0.5) is 5.69 Å². The van der Waals surface area contributed by atoms with Gasteiger partial charge in [0.2, 0.25) is 0 Å². The largest absolute Gasteiger partial charge is 0.477 e. The number of hydrogen-bond acceptors (Lipinski definition) is 3. The number of halogens is 2. The Kier molecular flexibility index (Phi) is 4.01. The summed E-state index contributed by atoms with van der Waals surface area (Å²) < 4.78 is 1.34. The standard InChI is InChI=1S/C11H7Br2N3O3/c12-5-2-1-3-6(13)7(5)16-10(17)8-9(11(18)19)15-4-14-8/h1-4H,(H,14,15)(H,16,17)(H,18,19). The van der Waals surface area contributed by atoms with Crippen LogP contribution in [0.1, 0.15) is 21.0 Å². The van der Waals surface area contributed by atoms with Crippen molar-refractivity contribution in [2.24, 2.45) is 0 Å². The molecule has 0 saturated carbocycles. The average Bonchev–Trinajstić information content (AvgIpc) is 2.83. The second kappa shape index (κ2) is 5.54. The van der Waals surface area contributed by atoms with Crippen molar-refractivity contribution in [3.05, 3.63) is 44.9 Å². The number of rotatable bonds is 3. The van der Waals surface area contributed by atoms with Crippen molar-refractivity contribution in [2.45, 2.75) is 0 Å². The second-order valence-electron chi connectivity index (χ2n) is 3.48. The molecule has 19 heavy (non-hydrogen) atoms. The van der Waals surface area contributed by atoms with Crippen LogP contribution in [0.3, 0.4) is 0 Å². The van der Waals surface area contributed by atoms with Crippen LogP contribution in [0, 0.1) is 0 Å². The van der Waals surface area contributed by atoms with Gasteiger partial charge in [-0.2, -0.15) is 0 Å². The van der Waals surface area contributed by atoms with Crippen molar-refractivity contribution < 1.29 is 14.7 Å². The number of carboxylic acid groups (broad SMARTS) is 1. The maximum atomic E-state index is 12.0. The van der Waals surface area contributed by atoms with Crippen LogP contribution in [0.25, 0.3) is 0 Å². The van der Waals surface area contributed by atoms with Crippen LogP contribution in [-0.2, 0) is 0 Å². The highest BCUT2D eigenvalue weighted by molar-refractivity contribution is 9.11. The van der Waals surface area contributed by atoms with E-state index < -0.39 is 11.9 Å². The number of benzene rings is 1. The average molecular weight is 389 g/mol.